The summed E-state index contributed by atoms with van der Waals surface area (Å²) in [5.74, 6) is -1.95. The highest BCUT2D eigenvalue weighted by atomic mass is 79.9. The lowest BCUT2D eigenvalue weighted by Gasteiger charge is -2.53. The lowest BCUT2D eigenvalue weighted by Crippen LogP contribution is -2.74. The Labute approximate surface area is 232 Å². The molecule has 2 heterocycles. The number of β-lactam (4-membered cyclic amide) rings is 1. The van der Waals surface area contributed by atoms with Crippen LogP contribution in [0.25, 0.3) is 0 Å². The van der Waals surface area contributed by atoms with Gasteiger partial charge in [-0.05, 0) is 11.1 Å². The number of nitrogens with one attached hydrogen (secondary N) is 1. The Morgan fingerprint density at radius 3 is 2.32 bits per heavy atom. The lowest BCUT2D eigenvalue weighted by molar-refractivity contribution is -0.162. The molecule has 2 fully saturated rings. The summed E-state index contributed by atoms with van der Waals surface area (Å²) in [7, 11) is 1.22. The van der Waals surface area contributed by atoms with Gasteiger partial charge in [0.05, 0.1) is 5.33 Å². The number of rotatable bonds is 10. The van der Waals surface area contributed by atoms with Crippen molar-refractivity contribution in [2.45, 2.75) is 17.5 Å². The Kier molecular flexibility index (Phi) is 8.68. The fourth-order valence-corrected chi connectivity index (χ4v) is 6.11. The van der Waals surface area contributed by atoms with Crippen LogP contribution in [0.3, 0.4) is 0 Å². The van der Waals surface area contributed by atoms with Crippen molar-refractivity contribution in [3.05, 3.63) is 84.4 Å². The number of ketones is 1. The van der Waals surface area contributed by atoms with Gasteiger partial charge in [-0.25, -0.2) is 0 Å². The van der Waals surface area contributed by atoms with Gasteiger partial charge in [0.15, 0.2) is 6.10 Å². The van der Waals surface area contributed by atoms with Crippen molar-refractivity contribution in [2.24, 2.45) is 10.6 Å². The Balaban J connectivity index is 1.48. The number of alkyl halides is 1. The van der Waals surface area contributed by atoms with Crippen LogP contribution in [0.4, 0.5) is 0 Å². The second-order valence-electron chi connectivity index (χ2n) is 8.77. The van der Waals surface area contributed by atoms with Crippen LogP contribution in [-0.2, 0) is 28.8 Å². The number of esters is 1. The topological polar surface area (TPSA) is 114 Å². The van der Waals surface area contributed by atoms with Crippen molar-refractivity contribution >= 4 is 57.0 Å². The fraction of sp³-hybridized carbons (Fsp3) is 0.296. The van der Waals surface area contributed by atoms with E-state index in [0.717, 1.165) is 11.1 Å². The highest BCUT2D eigenvalue weighted by Gasteiger charge is 2.57. The predicted octanol–water partition coefficient (Wildman–Crippen LogP) is 2.86. The predicted molar refractivity (Wildman–Crippen MR) is 147 cm³/mol. The van der Waals surface area contributed by atoms with Gasteiger partial charge in [0.25, 0.3) is 5.91 Å². The molecule has 0 aliphatic carbocycles. The van der Waals surface area contributed by atoms with E-state index in [1.807, 2.05) is 60.7 Å². The van der Waals surface area contributed by atoms with E-state index in [1.165, 1.54) is 29.8 Å². The van der Waals surface area contributed by atoms with Gasteiger partial charge in [-0.1, -0.05) is 87.8 Å². The molecule has 38 heavy (non-hydrogen) atoms. The largest absolute Gasteiger partial charge is 0.452 e. The zero-order valence-electron chi connectivity index (χ0n) is 20.5. The third-order valence-electron chi connectivity index (χ3n) is 6.40. The molecule has 3 atom stereocenters. The van der Waals surface area contributed by atoms with Gasteiger partial charge in [-0.2, -0.15) is 0 Å². The Hall–Kier alpha value is -3.44. The summed E-state index contributed by atoms with van der Waals surface area (Å²) >= 11 is 4.34. The normalized spacial score (nSPS) is 22.7. The number of nitrogens with zero attached hydrogens (tertiary/aromatic N) is 2. The highest BCUT2D eigenvalue weighted by molar-refractivity contribution is 9.09. The molecule has 2 aromatic rings. The minimum absolute atomic E-state index is 0.0633. The Bertz CT molecular complexity index is 1220. The summed E-state index contributed by atoms with van der Waals surface area (Å²) in [6, 6.07) is 18.0. The van der Waals surface area contributed by atoms with Gasteiger partial charge in [-0.15, -0.1) is 18.3 Å². The first-order valence-electron chi connectivity index (χ1n) is 11.7. The standard InChI is InChI=1S/C27H26BrN3O6S/c1-3-27(26(35)37-22(17-10-6-4-7-11-17)18-12-8-5-9-13-18)15-31-24(34)21(25(31)38-16-27)29-23(33)20(30-36-2)19(32)14-28/h3-13,21-22,25H,1,14-16H2,2H3,(H,29,33)/t21?,25-,27?/m1/s1. The van der Waals surface area contributed by atoms with E-state index < -0.39 is 46.3 Å². The fourth-order valence-electron chi connectivity index (χ4n) is 4.32. The molecule has 2 unspecified atom stereocenters. The van der Waals surface area contributed by atoms with Crippen LogP contribution in [0.5, 0.6) is 0 Å². The van der Waals surface area contributed by atoms with E-state index in [2.05, 4.69) is 37.8 Å². The number of amides is 2. The summed E-state index contributed by atoms with van der Waals surface area (Å²) in [6.45, 7) is 3.95. The number of benzene rings is 2. The molecule has 0 radical (unpaired) electrons. The van der Waals surface area contributed by atoms with Crippen molar-refractivity contribution in [1.29, 1.82) is 0 Å². The number of halogens is 1. The van der Waals surface area contributed by atoms with Crippen molar-refractivity contribution in [3.63, 3.8) is 0 Å². The van der Waals surface area contributed by atoms with E-state index in [4.69, 9.17) is 4.74 Å². The van der Waals surface area contributed by atoms with Crippen molar-refractivity contribution in [3.8, 4) is 0 Å². The summed E-state index contributed by atoms with van der Waals surface area (Å²) in [6.07, 6.45) is 0.900. The van der Waals surface area contributed by atoms with E-state index in [9.17, 15) is 19.2 Å². The monoisotopic (exact) mass is 599 g/mol. The zero-order chi connectivity index (χ0) is 27.3. The van der Waals surface area contributed by atoms with Crippen LogP contribution in [0.2, 0.25) is 0 Å². The minimum Gasteiger partial charge on any atom is -0.452 e. The molecule has 2 aliphatic heterocycles. The highest BCUT2D eigenvalue weighted by Crippen LogP contribution is 2.44. The van der Waals surface area contributed by atoms with E-state index in [-0.39, 0.29) is 17.8 Å². The number of thioether (sulfide) groups is 1. The first kappa shape index (κ1) is 27.6. The van der Waals surface area contributed by atoms with Crippen LogP contribution < -0.4 is 5.32 Å². The second-order valence-corrected chi connectivity index (χ2v) is 10.4. The number of ether oxygens (including phenoxy) is 1. The molecule has 2 aliphatic rings. The Morgan fingerprint density at radius 1 is 1.18 bits per heavy atom. The number of carbonyl (C=O) groups is 4. The smallest absolute Gasteiger partial charge is 0.319 e. The molecule has 198 valence electrons. The maximum Gasteiger partial charge on any atom is 0.319 e. The van der Waals surface area contributed by atoms with Crippen molar-refractivity contribution in [2.75, 3.05) is 24.7 Å². The third kappa shape index (κ3) is 5.39. The molecule has 11 heteroatoms. The maximum atomic E-state index is 13.6. The van der Waals surface area contributed by atoms with E-state index in [1.54, 1.807) is 0 Å². The molecular formula is C27H26BrN3O6S. The SMILES string of the molecule is C=CC1(C(=O)OC(c2ccccc2)c2ccccc2)CS[C@@H]2C(NC(=O)C(=NOC)C(=O)CBr)C(=O)N2C1. The zero-order valence-corrected chi connectivity index (χ0v) is 22.9. The lowest BCUT2D eigenvalue weighted by atomic mass is 9.87. The maximum absolute atomic E-state index is 13.6. The molecular weight excluding hydrogens is 574 g/mol. The summed E-state index contributed by atoms with van der Waals surface area (Å²) in [5.41, 5.74) is 0.0691. The molecule has 4 rings (SSSR count). The molecule has 0 spiro atoms. The quantitative estimate of drug-likeness (QED) is 0.0849. The van der Waals surface area contributed by atoms with Crippen LogP contribution in [0.1, 0.15) is 17.2 Å². The third-order valence-corrected chi connectivity index (χ3v) is 8.46. The van der Waals surface area contributed by atoms with Crippen LogP contribution in [0.15, 0.2) is 78.5 Å². The van der Waals surface area contributed by atoms with E-state index >= 15 is 0 Å². The molecule has 2 saturated heterocycles. The second kappa shape index (κ2) is 12.0. The number of hydrogen-bond donors (Lipinski definition) is 1. The summed E-state index contributed by atoms with van der Waals surface area (Å²) < 4.78 is 6.08. The van der Waals surface area contributed by atoms with Crippen LogP contribution in [0, 0.1) is 5.41 Å². The molecule has 0 saturated carbocycles. The molecule has 1 N–H and O–H groups in total. The molecule has 9 nitrogen and oxygen atoms in total. The van der Waals surface area contributed by atoms with E-state index in [0.29, 0.717) is 5.75 Å². The minimum atomic E-state index is -1.14. The number of Topliss-reactive ketones (excluding diaryl/α,β-unsaturated/α-hetero) is 1. The Morgan fingerprint density at radius 2 is 1.79 bits per heavy atom. The van der Waals surface area contributed by atoms with Gasteiger partial charge >= 0.3 is 5.97 Å². The number of carbonyl (C=O) groups excluding carboxylic acids is 4. The van der Waals surface area contributed by atoms with Gasteiger partial charge in [0.1, 0.15) is 23.9 Å². The molecule has 0 bridgehead atoms. The van der Waals surface area contributed by atoms with Gasteiger partial charge < -0.3 is 19.8 Å². The van der Waals surface area contributed by atoms with Gasteiger partial charge in [-0.3, -0.25) is 19.2 Å². The summed E-state index contributed by atoms with van der Waals surface area (Å²) in [4.78, 5) is 57.4. The van der Waals surface area contributed by atoms with Crippen molar-refractivity contribution < 1.29 is 28.8 Å². The molecule has 0 aromatic heterocycles. The van der Waals surface area contributed by atoms with Gasteiger partial charge in [0, 0.05) is 12.3 Å². The molecule has 2 aromatic carbocycles. The number of hydrogen-bond acceptors (Lipinski definition) is 8. The number of oxime groups is 1. The summed E-state index contributed by atoms with van der Waals surface area (Å²) in [5, 5.41) is 5.53. The van der Waals surface area contributed by atoms with Crippen LogP contribution >= 0.6 is 27.7 Å². The van der Waals surface area contributed by atoms with Gasteiger partial charge in [0.2, 0.25) is 17.4 Å². The average molecular weight is 600 g/mol. The number of fused-ring (bicyclic) bond motifs is 1. The van der Waals surface area contributed by atoms with Crippen molar-refractivity contribution in [1.82, 2.24) is 10.2 Å². The first-order valence-corrected chi connectivity index (χ1v) is 13.9. The van der Waals surface area contributed by atoms with Crippen LogP contribution in [-0.4, -0.2) is 70.3 Å². The first-order chi connectivity index (χ1) is 18.3. The molecule has 2 amide bonds. The average Bonchev–Trinajstić information content (AvgIpc) is 2.97.